The summed E-state index contributed by atoms with van der Waals surface area (Å²) in [5.74, 6) is 0.974. The number of benzene rings is 2. The summed E-state index contributed by atoms with van der Waals surface area (Å²) in [6.45, 7) is 4.27. The molecule has 6 nitrogen and oxygen atoms in total. The van der Waals surface area contributed by atoms with Crippen LogP contribution in [0.1, 0.15) is 29.8 Å². The largest absolute Gasteiger partial charge is 0.489 e. The highest BCUT2D eigenvalue weighted by atomic mass is 35.5. The van der Waals surface area contributed by atoms with Crippen LogP contribution < -0.4 is 15.4 Å². The van der Waals surface area contributed by atoms with Gasteiger partial charge in [-0.05, 0) is 55.8 Å². The molecule has 1 amide bonds. The summed E-state index contributed by atoms with van der Waals surface area (Å²) >= 11 is 5.88. The van der Waals surface area contributed by atoms with Gasteiger partial charge in [-0.1, -0.05) is 23.7 Å². The molecule has 3 rings (SSSR count). The number of carbonyl (C=O) groups is 1. The molecule has 0 aliphatic rings. The Balaban J connectivity index is 1.55. The molecule has 0 bridgehead atoms. The van der Waals surface area contributed by atoms with Crippen LogP contribution in [-0.2, 0) is 6.61 Å². The van der Waals surface area contributed by atoms with Gasteiger partial charge in [-0.25, -0.2) is 9.97 Å². The minimum absolute atomic E-state index is 0.0609. The van der Waals surface area contributed by atoms with E-state index >= 15 is 0 Å². The number of halogens is 1. The first-order valence-corrected chi connectivity index (χ1v) is 9.24. The predicted molar refractivity (Wildman–Crippen MR) is 110 cm³/mol. The Bertz CT molecular complexity index is 911. The number of rotatable bonds is 7. The summed E-state index contributed by atoms with van der Waals surface area (Å²) in [7, 11) is 0. The van der Waals surface area contributed by atoms with E-state index in [9.17, 15) is 4.79 Å². The van der Waals surface area contributed by atoms with Crippen LogP contribution in [0.2, 0.25) is 5.02 Å². The van der Waals surface area contributed by atoms with Crippen LogP contribution in [-0.4, -0.2) is 21.9 Å². The van der Waals surface area contributed by atoms with E-state index in [1.54, 1.807) is 0 Å². The van der Waals surface area contributed by atoms with Crippen molar-refractivity contribution < 1.29 is 9.53 Å². The molecule has 7 heteroatoms. The Labute approximate surface area is 168 Å². The molecule has 0 unspecified atom stereocenters. The van der Waals surface area contributed by atoms with Crippen molar-refractivity contribution in [1.82, 2.24) is 15.3 Å². The lowest BCUT2D eigenvalue weighted by atomic mass is 10.2. The Morgan fingerprint density at radius 3 is 2.29 bits per heavy atom. The predicted octanol–water partition coefficient (Wildman–Crippen LogP) is 4.59. The number of aromatic nitrogens is 2. The van der Waals surface area contributed by atoms with Gasteiger partial charge in [0.1, 0.15) is 12.4 Å². The van der Waals surface area contributed by atoms with Crippen LogP contribution in [0, 0.1) is 0 Å². The normalized spacial score (nSPS) is 10.6. The van der Waals surface area contributed by atoms with Crippen molar-refractivity contribution in [3.63, 3.8) is 0 Å². The van der Waals surface area contributed by atoms with E-state index in [1.807, 2.05) is 62.4 Å². The van der Waals surface area contributed by atoms with Gasteiger partial charge in [0.2, 0.25) is 5.95 Å². The Morgan fingerprint density at radius 2 is 1.68 bits per heavy atom. The minimum atomic E-state index is -0.191. The summed E-state index contributed by atoms with van der Waals surface area (Å²) < 4.78 is 5.76. The lowest BCUT2D eigenvalue weighted by Gasteiger charge is -2.10. The number of carbonyl (C=O) groups excluding carboxylic acids is 1. The van der Waals surface area contributed by atoms with Crippen molar-refractivity contribution in [2.24, 2.45) is 0 Å². The van der Waals surface area contributed by atoms with E-state index in [2.05, 4.69) is 20.6 Å². The van der Waals surface area contributed by atoms with Crippen LogP contribution in [0.5, 0.6) is 5.75 Å². The molecular weight excluding hydrogens is 376 g/mol. The van der Waals surface area contributed by atoms with Gasteiger partial charge in [0, 0.05) is 29.1 Å². The monoisotopic (exact) mass is 396 g/mol. The zero-order valence-corrected chi connectivity index (χ0v) is 16.4. The van der Waals surface area contributed by atoms with E-state index in [-0.39, 0.29) is 11.9 Å². The first-order chi connectivity index (χ1) is 13.5. The van der Waals surface area contributed by atoms with Crippen LogP contribution in [0.15, 0.2) is 60.9 Å². The molecule has 0 saturated carbocycles. The van der Waals surface area contributed by atoms with Crippen LogP contribution in [0.3, 0.4) is 0 Å². The molecule has 0 saturated heterocycles. The summed E-state index contributed by atoms with van der Waals surface area (Å²) in [6.07, 6.45) is 2.99. The van der Waals surface area contributed by atoms with Gasteiger partial charge in [0.25, 0.3) is 5.91 Å². The summed E-state index contributed by atoms with van der Waals surface area (Å²) in [4.78, 5) is 20.3. The smallest absolute Gasteiger partial charge is 0.254 e. The third-order valence-corrected chi connectivity index (χ3v) is 4.01. The maximum absolute atomic E-state index is 11.9. The van der Waals surface area contributed by atoms with E-state index in [1.165, 1.54) is 12.4 Å². The first-order valence-electron chi connectivity index (χ1n) is 8.87. The third kappa shape index (κ3) is 5.69. The van der Waals surface area contributed by atoms with Crippen molar-refractivity contribution >= 4 is 29.1 Å². The van der Waals surface area contributed by atoms with Crippen LogP contribution in [0.4, 0.5) is 11.6 Å². The highest BCUT2D eigenvalue weighted by Gasteiger charge is 2.08. The van der Waals surface area contributed by atoms with Gasteiger partial charge >= 0.3 is 0 Å². The molecule has 3 aromatic rings. The molecule has 0 aliphatic heterocycles. The molecular formula is C21H21ClN4O2. The minimum Gasteiger partial charge on any atom is -0.489 e. The highest BCUT2D eigenvalue weighted by molar-refractivity contribution is 6.30. The summed E-state index contributed by atoms with van der Waals surface area (Å²) in [5, 5.41) is 6.60. The zero-order valence-electron chi connectivity index (χ0n) is 15.6. The molecule has 2 aromatic carbocycles. The maximum Gasteiger partial charge on any atom is 0.254 e. The fourth-order valence-electron chi connectivity index (χ4n) is 2.37. The number of hydrogen-bond donors (Lipinski definition) is 2. The fourth-order valence-corrected chi connectivity index (χ4v) is 2.49. The third-order valence-electron chi connectivity index (χ3n) is 3.76. The topological polar surface area (TPSA) is 76.1 Å². The molecule has 0 atom stereocenters. The van der Waals surface area contributed by atoms with Crippen molar-refractivity contribution in [3.05, 3.63) is 77.1 Å². The Hall–Kier alpha value is -3.12. The number of anilines is 2. The molecule has 0 radical (unpaired) electrons. The van der Waals surface area contributed by atoms with Crippen molar-refractivity contribution in [3.8, 4) is 5.75 Å². The van der Waals surface area contributed by atoms with E-state index in [4.69, 9.17) is 16.3 Å². The number of nitrogens with zero attached hydrogens (tertiary/aromatic N) is 2. The fraction of sp³-hybridized carbons (Fsp3) is 0.190. The average molecular weight is 397 g/mol. The zero-order chi connectivity index (χ0) is 19.9. The molecule has 1 aromatic heterocycles. The number of amides is 1. The van der Waals surface area contributed by atoms with E-state index in [0.29, 0.717) is 23.1 Å². The van der Waals surface area contributed by atoms with Gasteiger partial charge in [0.05, 0.1) is 5.56 Å². The molecule has 0 spiro atoms. The molecule has 0 fully saturated rings. The summed E-state index contributed by atoms with van der Waals surface area (Å²) in [5.41, 5.74) is 2.28. The number of hydrogen-bond acceptors (Lipinski definition) is 5. The lowest BCUT2D eigenvalue weighted by molar-refractivity contribution is 0.0942. The maximum atomic E-state index is 11.9. The Kier molecular flexibility index (Phi) is 6.45. The SMILES string of the molecule is CC(C)NC(=O)c1cnc(Nc2ccc(OCc3ccc(Cl)cc3)cc2)nc1. The van der Waals surface area contributed by atoms with Gasteiger partial charge in [-0.2, -0.15) is 0 Å². The molecule has 1 heterocycles. The quantitative estimate of drug-likeness (QED) is 0.610. The highest BCUT2D eigenvalue weighted by Crippen LogP contribution is 2.19. The molecule has 144 valence electrons. The van der Waals surface area contributed by atoms with Crippen molar-refractivity contribution in [2.45, 2.75) is 26.5 Å². The standard InChI is InChI=1S/C21H21ClN4O2/c1-14(2)25-20(27)16-11-23-21(24-12-16)26-18-7-9-19(10-8-18)28-13-15-3-5-17(22)6-4-15/h3-12,14H,13H2,1-2H3,(H,25,27)(H,23,24,26). The molecule has 28 heavy (non-hydrogen) atoms. The second-order valence-electron chi connectivity index (χ2n) is 6.49. The lowest BCUT2D eigenvalue weighted by Crippen LogP contribution is -2.30. The van der Waals surface area contributed by atoms with Crippen molar-refractivity contribution in [1.29, 1.82) is 0 Å². The van der Waals surface area contributed by atoms with Crippen LogP contribution in [0.25, 0.3) is 0 Å². The van der Waals surface area contributed by atoms with E-state index in [0.717, 1.165) is 17.0 Å². The molecule has 0 aliphatic carbocycles. The molecule has 2 N–H and O–H groups in total. The average Bonchev–Trinajstić information content (AvgIpc) is 2.69. The van der Waals surface area contributed by atoms with Gasteiger partial charge in [0.15, 0.2) is 0 Å². The number of nitrogens with one attached hydrogen (secondary N) is 2. The second-order valence-corrected chi connectivity index (χ2v) is 6.92. The summed E-state index contributed by atoms with van der Waals surface area (Å²) in [6, 6.07) is 15.1. The van der Waals surface area contributed by atoms with Crippen LogP contribution >= 0.6 is 11.6 Å². The van der Waals surface area contributed by atoms with Gasteiger partial charge in [-0.3, -0.25) is 4.79 Å². The van der Waals surface area contributed by atoms with Gasteiger partial charge in [-0.15, -0.1) is 0 Å². The van der Waals surface area contributed by atoms with E-state index < -0.39 is 0 Å². The van der Waals surface area contributed by atoms with Gasteiger partial charge < -0.3 is 15.4 Å². The number of ether oxygens (including phenoxy) is 1. The second kappa shape index (κ2) is 9.19. The Morgan fingerprint density at radius 1 is 1.04 bits per heavy atom. The first kappa shape index (κ1) is 19.6. The van der Waals surface area contributed by atoms with Crippen molar-refractivity contribution in [2.75, 3.05) is 5.32 Å².